The summed E-state index contributed by atoms with van der Waals surface area (Å²) in [5, 5.41) is 0. The van der Waals surface area contributed by atoms with Crippen LogP contribution in [-0.2, 0) is 22.9 Å². The highest BCUT2D eigenvalue weighted by atomic mass is 32.2. The summed E-state index contributed by atoms with van der Waals surface area (Å²) >= 11 is 0. The van der Waals surface area contributed by atoms with Crippen LogP contribution in [0.4, 0.5) is 0 Å². The molecule has 3 rings (SSSR count). The highest BCUT2D eigenvalue weighted by Crippen LogP contribution is 2.25. The van der Waals surface area contributed by atoms with Gasteiger partial charge in [0, 0.05) is 6.04 Å². The topological polar surface area (TPSA) is 46.2 Å². The van der Waals surface area contributed by atoms with Gasteiger partial charge < -0.3 is 0 Å². The van der Waals surface area contributed by atoms with Gasteiger partial charge in [-0.1, -0.05) is 36.4 Å². The van der Waals surface area contributed by atoms with Crippen LogP contribution in [0.3, 0.4) is 0 Å². The molecule has 1 N–H and O–H groups in total. The quantitative estimate of drug-likeness (QED) is 0.942. The Labute approximate surface area is 126 Å². The van der Waals surface area contributed by atoms with Crippen LogP contribution in [0.1, 0.15) is 36.1 Å². The van der Waals surface area contributed by atoms with Gasteiger partial charge in [-0.15, -0.1) is 0 Å². The van der Waals surface area contributed by atoms with Crippen LogP contribution in [0, 0.1) is 0 Å². The van der Waals surface area contributed by atoms with E-state index < -0.39 is 10.0 Å². The summed E-state index contributed by atoms with van der Waals surface area (Å²) in [4.78, 5) is 0.367. The molecule has 0 saturated carbocycles. The van der Waals surface area contributed by atoms with Crippen molar-refractivity contribution in [1.82, 2.24) is 4.72 Å². The molecule has 110 valence electrons. The molecule has 2 aromatic rings. The van der Waals surface area contributed by atoms with Crippen LogP contribution >= 0.6 is 0 Å². The van der Waals surface area contributed by atoms with E-state index in [1.807, 2.05) is 49.4 Å². The van der Waals surface area contributed by atoms with E-state index in [0.29, 0.717) is 4.90 Å². The molecule has 0 heterocycles. The number of rotatable bonds is 4. The molecule has 0 aromatic heterocycles. The SMILES string of the molecule is C[C@H](NS(=O)(=O)c1ccc2c(c1)CCC2)c1ccccc1. The predicted octanol–water partition coefficient (Wildman–Crippen LogP) is 3.21. The van der Waals surface area contributed by atoms with Crippen LogP contribution in [-0.4, -0.2) is 8.42 Å². The molecule has 3 nitrogen and oxygen atoms in total. The number of hydrogen-bond donors (Lipinski definition) is 1. The van der Waals surface area contributed by atoms with Crippen LogP contribution in [0.2, 0.25) is 0 Å². The first-order chi connectivity index (χ1) is 10.1. The Balaban J connectivity index is 1.84. The highest BCUT2D eigenvalue weighted by molar-refractivity contribution is 7.89. The smallest absolute Gasteiger partial charge is 0.207 e. The second-order valence-corrected chi connectivity index (χ2v) is 7.25. The first kappa shape index (κ1) is 14.3. The van der Waals surface area contributed by atoms with Gasteiger partial charge in [-0.2, -0.15) is 0 Å². The minimum atomic E-state index is -3.48. The molecule has 0 spiro atoms. The molecule has 0 aliphatic heterocycles. The lowest BCUT2D eigenvalue weighted by atomic mass is 10.1. The van der Waals surface area contributed by atoms with E-state index in [-0.39, 0.29) is 6.04 Å². The lowest BCUT2D eigenvalue weighted by Crippen LogP contribution is -2.27. The molecule has 4 heteroatoms. The van der Waals surface area contributed by atoms with Gasteiger partial charge in [0.1, 0.15) is 0 Å². The van der Waals surface area contributed by atoms with Crippen molar-refractivity contribution in [2.24, 2.45) is 0 Å². The van der Waals surface area contributed by atoms with Gasteiger partial charge in [-0.05, 0) is 55.0 Å². The summed E-state index contributed by atoms with van der Waals surface area (Å²) in [5.41, 5.74) is 3.41. The molecule has 0 bridgehead atoms. The molecule has 0 unspecified atom stereocenters. The molecular formula is C17H19NO2S. The Morgan fingerprint density at radius 1 is 1.00 bits per heavy atom. The van der Waals surface area contributed by atoms with Gasteiger partial charge >= 0.3 is 0 Å². The third kappa shape index (κ3) is 3.01. The third-order valence-corrected chi connectivity index (χ3v) is 5.55. The molecule has 1 aliphatic rings. The van der Waals surface area contributed by atoms with Crippen molar-refractivity contribution in [3.63, 3.8) is 0 Å². The number of nitrogens with one attached hydrogen (secondary N) is 1. The lowest BCUT2D eigenvalue weighted by Gasteiger charge is -2.15. The second-order valence-electron chi connectivity index (χ2n) is 5.54. The van der Waals surface area contributed by atoms with Crippen molar-refractivity contribution >= 4 is 10.0 Å². The molecule has 0 amide bonds. The van der Waals surface area contributed by atoms with Crippen molar-refractivity contribution < 1.29 is 8.42 Å². The normalized spacial score (nSPS) is 15.7. The fourth-order valence-corrected chi connectivity index (χ4v) is 4.11. The lowest BCUT2D eigenvalue weighted by molar-refractivity contribution is 0.567. The number of sulfonamides is 1. The summed E-state index contributed by atoms with van der Waals surface area (Å²) < 4.78 is 27.8. The van der Waals surface area contributed by atoms with Gasteiger partial charge in [-0.25, -0.2) is 13.1 Å². The monoisotopic (exact) mass is 301 g/mol. The summed E-state index contributed by atoms with van der Waals surface area (Å²) in [5.74, 6) is 0. The molecular weight excluding hydrogens is 282 g/mol. The number of benzene rings is 2. The zero-order valence-corrected chi connectivity index (χ0v) is 12.9. The maximum Gasteiger partial charge on any atom is 0.241 e. The maximum absolute atomic E-state index is 12.5. The maximum atomic E-state index is 12.5. The number of aryl methyl sites for hydroxylation is 2. The molecule has 21 heavy (non-hydrogen) atoms. The molecule has 0 fully saturated rings. The summed E-state index contributed by atoms with van der Waals surface area (Å²) in [6, 6.07) is 14.8. The Bertz CT molecular complexity index is 739. The van der Waals surface area contributed by atoms with E-state index >= 15 is 0 Å². The van der Waals surface area contributed by atoms with Crippen LogP contribution in [0.15, 0.2) is 53.4 Å². The molecule has 0 radical (unpaired) electrons. The minimum Gasteiger partial charge on any atom is -0.207 e. The Morgan fingerprint density at radius 2 is 1.71 bits per heavy atom. The van der Waals surface area contributed by atoms with Crippen molar-refractivity contribution in [3.05, 3.63) is 65.2 Å². The fourth-order valence-electron chi connectivity index (χ4n) is 2.83. The summed E-state index contributed by atoms with van der Waals surface area (Å²) in [7, 11) is -3.48. The minimum absolute atomic E-state index is 0.246. The summed E-state index contributed by atoms with van der Waals surface area (Å²) in [6.45, 7) is 1.86. The van der Waals surface area contributed by atoms with Gasteiger partial charge in [0.25, 0.3) is 0 Å². The summed E-state index contributed by atoms with van der Waals surface area (Å²) in [6.07, 6.45) is 3.16. The number of hydrogen-bond acceptors (Lipinski definition) is 2. The van der Waals surface area contributed by atoms with E-state index in [9.17, 15) is 8.42 Å². The Kier molecular flexibility index (Phi) is 3.83. The van der Waals surface area contributed by atoms with Crippen LogP contribution in [0.25, 0.3) is 0 Å². The zero-order valence-electron chi connectivity index (χ0n) is 12.0. The van der Waals surface area contributed by atoms with Gasteiger partial charge in [-0.3, -0.25) is 0 Å². The molecule has 1 aliphatic carbocycles. The highest BCUT2D eigenvalue weighted by Gasteiger charge is 2.20. The van der Waals surface area contributed by atoms with Crippen LogP contribution in [0.5, 0.6) is 0 Å². The van der Waals surface area contributed by atoms with Gasteiger partial charge in [0.2, 0.25) is 10.0 Å². The molecule has 1 atom stereocenters. The van der Waals surface area contributed by atoms with Crippen LogP contribution < -0.4 is 4.72 Å². The van der Waals surface area contributed by atoms with E-state index in [0.717, 1.165) is 24.8 Å². The van der Waals surface area contributed by atoms with E-state index in [4.69, 9.17) is 0 Å². The standard InChI is InChI=1S/C17H19NO2S/c1-13(14-6-3-2-4-7-14)18-21(19,20)17-11-10-15-8-5-9-16(15)12-17/h2-4,6-7,10-13,18H,5,8-9H2,1H3/t13-/m0/s1. The average molecular weight is 301 g/mol. The Hall–Kier alpha value is -1.65. The van der Waals surface area contributed by atoms with Crippen molar-refractivity contribution in [1.29, 1.82) is 0 Å². The van der Waals surface area contributed by atoms with Crippen molar-refractivity contribution in [2.45, 2.75) is 37.1 Å². The predicted molar refractivity (Wildman–Crippen MR) is 83.6 cm³/mol. The third-order valence-electron chi connectivity index (χ3n) is 4.01. The van der Waals surface area contributed by atoms with E-state index in [2.05, 4.69) is 4.72 Å². The largest absolute Gasteiger partial charge is 0.241 e. The first-order valence-electron chi connectivity index (χ1n) is 7.25. The average Bonchev–Trinajstić information content (AvgIpc) is 2.95. The fraction of sp³-hybridized carbons (Fsp3) is 0.294. The zero-order chi connectivity index (χ0) is 14.9. The molecule has 0 saturated heterocycles. The van der Waals surface area contributed by atoms with Crippen molar-refractivity contribution in [2.75, 3.05) is 0 Å². The number of fused-ring (bicyclic) bond motifs is 1. The molecule has 2 aromatic carbocycles. The van der Waals surface area contributed by atoms with Gasteiger partial charge in [0.05, 0.1) is 4.90 Å². The van der Waals surface area contributed by atoms with Crippen molar-refractivity contribution in [3.8, 4) is 0 Å². The Morgan fingerprint density at radius 3 is 2.48 bits per heavy atom. The van der Waals surface area contributed by atoms with E-state index in [1.165, 1.54) is 11.1 Å². The van der Waals surface area contributed by atoms with E-state index in [1.54, 1.807) is 6.07 Å². The second kappa shape index (κ2) is 5.62. The first-order valence-corrected chi connectivity index (χ1v) is 8.74. The van der Waals surface area contributed by atoms with Gasteiger partial charge in [0.15, 0.2) is 0 Å².